The Morgan fingerprint density at radius 2 is 1.10 bits per heavy atom. The Morgan fingerprint density at radius 1 is 0.552 bits per heavy atom. The molecule has 0 amide bonds. The maximum absolute atomic E-state index is 13.7. The van der Waals surface area contributed by atoms with E-state index < -0.39 is 0 Å². The Morgan fingerprint density at radius 3 is 1.69 bits per heavy atom. The van der Waals surface area contributed by atoms with E-state index >= 15 is 0 Å². The second-order valence-corrected chi connectivity index (χ2v) is 7.48. The molecule has 3 heteroatoms. The van der Waals surface area contributed by atoms with Gasteiger partial charge in [-0.3, -0.25) is 4.79 Å². The summed E-state index contributed by atoms with van der Waals surface area (Å²) in [5.41, 5.74) is 13.2. The Kier molecular flexibility index (Phi) is 4.11. The minimum Gasteiger partial charge on any atom is -0.398 e. The monoisotopic (exact) mass is 391 g/mol. The first-order valence-electron chi connectivity index (χ1n) is 9.42. The number of carbonyl (C=O) groups is 1. The van der Waals surface area contributed by atoms with E-state index in [1.165, 1.54) is 0 Å². The molecule has 0 spiro atoms. The Balaban J connectivity index is 1.88. The van der Waals surface area contributed by atoms with Crippen LogP contribution in [-0.4, -0.2) is 10.6 Å². The van der Waals surface area contributed by atoms with Gasteiger partial charge in [-0.25, -0.2) is 0 Å². The van der Waals surface area contributed by atoms with Gasteiger partial charge in [-0.1, -0.05) is 97.1 Å². The van der Waals surface area contributed by atoms with Crippen molar-refractivity contribution in [3.63, 3.8) is 0 Å². The lowest BCUT2D eigenvalue weighted by atomic mass is 9.77. The van der Waals surface area contributed by atoms with Crippen molar-refractivity contribution in [3.8, 4) is 22.3 Å². The van der Waals surface area contributed by atoms with Crippen molar-refractivity contribution in [2.75, 3.05) is 5.73 Å². The molecular weight excluding hydrogens is 374 g/mol. The van der Waals surface area contributed by atoms with Crippen molar-refractivity contribution in [1.29, 1.82) is 0 Å². The van der Waals surface area contributed by atoms with Gasteiger partial charge in [0.2, 0.25) is 0 Å². The molecule has 2 N–H and O–H groups in total. The van der Waals surface area contributed by atoms with E-state index in [1.54, 1.807) is 6.07 Å². The quantitative estimate of drug-likeness (QED) is 0.300. The van der Waals surface area contributed by atoms with Crippen molar-refractivity contribution in [2.45, 2.75) is 0 Å². The second-order valence-electron chi connectivity index (χ2n) is 7.07. The molecule has 1 aliphatic rings. The topological polar surface area (TPSA) is 43.1 Å². The fraction of sp³-hybridized carbons (Fsp3) is 0. The van der Waals surface area contributed by atoms with Gasteiger partial charge in [-0.2, -0.15) is 0 Å². The molecular formula is C26H17NOS. The summed E-state index contributed by atoms with van der Waals surface area (Å²) in [7, 11) is 0. The zero-order valence-electron chi connectivity index (χ0n) is 15.6. The first-order valence-corrected chi connectivity index (χ1v) is 9.83. The molecule has 0 unspecified atom stereocenters. The number of hydrogen-bond acceptors (Lipinski definition) is 3. The summed E-state index contributed by atoms with van der Waals surface area (Å²) in [6, 6.07) is 29.6. The summed E-state index contributed by atoms with van der Waals surface area (Å²) in [6.45, 7) is 0. The zero-order chi connectivity index (χ0) is 20.0. The predicted octanol–water partition coefficient (Wildman–Crippen LogP) is 5.91. The van der Waals surface area contributed by atoms with E-state index in [9.17, 15) is 4.79 Å². The van der Waals surface area contributed by atoms with E-state index in [2.05, 4.69) is 6.07 Å². The number of hydrogen-bond donors (Lipinski definition) is 1. The van der Waals surface area contributed by atoms with E-state index in [4.69, 9.17) is 18.0 Å². The molecule has 0 heterocycles. The highest BCUT2D eigenvalue weighted by atomic mass is 32.1. The third-order valence-electron chi connectivity index (χ3n) is 5.40. The van der Waals surface area contributed by atoms with E-state index in [1.807, 2.05) is 78.9 Å². The third-order valence-corrected chi connectivity index (χ3v) is 5.82. The number of nitrogen functional groups attached to an aromatic ring is 1. The molecule has 0 aliphatic heterocycles. The third kappa shape index (κ3) is 2.71. The molecule has 4 aromatic rings. The molecule has 1 aliphatic carbocycles. The maximum Gasteiger partial charge on any atom is 0.197 e. The molecule has 4 aromatic carbocycles. The lowest BCUT2D eigenvalue weighted by Crippen LogP contribution is -2.23. The van der Waals surface area contributed by atoms with Crippen molar-refractivity contribution < 1.29 is 4.79 Å². The highest BCUT2D eigenvalue weighted by molar-refractivity contribution is 7.81. The normalized spacial score (nSPS) is 12.4. The van der Waals surface area contributed by atoms with Crippen LogP contribution in [0, 0.1) is 0 Å². The van der Waals surface area contributed by atoms with Crippen LogP contribution in [-0.2, 0) is 0 Å². The summed E-state index contributed by atoms with van der Waals surface area (Å²) < 4.78 is 0. The number of nitrogens with two attached hydrogens (primary N) is 1. The molecule has 0 aromatic heterocycles. The van der Waals surface area contributed by atoms with Gasteiger partial charge in [0.15, 0.2) is 5.78 Å². The number of carbonyl (C=O) groups excluding carboxylic acids is 1. The minimum absolute atomic E-state index is 0.0710. The number of thiocarbonyl (C=S) groups is 1. The van der Waals surface area contributed by atoms with Crippen molar-refractivity contribution in [2.24, 2.45) is 0 Å². The van der Waals surface area contributed by atoms with Crippen LogP contribution in [0.4, 0.5) is 5.69 Å². The van der Waals surface area contributed by atoms with Crippen LogP contribution in [0.2, 0.25) is 0 Å². The van der Waals surface area contributed by atoms with Crippen LogP contribution in [0.15, 0.2) is 91.0 Å². The van der Waals surface area contributed by atoms with Gasteiger partial charge in [0.1, 0.15) is 0 Å². The number of anilines is 1. The Bertz CT molecular complexity index is 1280. The number of fused-ring (bicyclic) bond motifs is 2. The highest BCUT2D eigenvalue weighted by Gasteiger charge is 2.33. The first-order chi connectivity index (χ1) is 14.2. The zero-order valence-corrected chi connectivity index (χ0v) is 16.4. The van der Waals surface area contributed by atoms with Gasteiger partial charge in [0.25, 0.3) is 0 Å². The summed E-state index contributed by atoms with van der Waals surface area (Å²) in [4.78, 5) is 14.4. The molecule has 0 saturated carbocycles. The minimum atomic E-state index is -0.0710. The molecule has 0 atom stereocenters. The fourth-order valence-electron chi connectivity index (χ4n) is 4.06. The summed E-state index contributed by atoms with van der Waals surface area (Å²) in [6.07, 6.45) is 0. The first kappa shape index (κ1) is 17.5. The lowest BCUT2D eigenvalue weighted by Gasteiger charge is -2.26. The molecule has 0 saturated heterocycles. The summed E-state index contributed by atoms with van der Waals surface area (Å²) in [5.74, 6) is -0.0710. The van der Waals surface area contributed by atoms with Gasteiger partial charge in [-0.05, 0) is 28.3 Å². The Labute approximate surface area is 174 Å². The average Bonchev–Trinajstić information content (AvgIpc) is 2.77. The van der Waals surface area contributed by atoms with Crippen LogP contribution in [0.1, 0.15) is 27.0 Å². The number of rotatable bonds is 2. The van der Waals surface area contributed by atoms with Gasteiger partial charge < -0.3 is 5.73 Å². The van der Waals surface area contributed by atoms with Crippen LogP contribution in [0.25, 0.3) is 22.3 Å². The van der Waals surface area contributed by atoms with Gasteiger partial charge in [0, 0.05) is 22.4 Å². The van der Waals surface area contributed by atoms with Crippen molar-refractivity contribution in [3.05, 3.63) is 113 Å². The highest BCUT2D eigenvalue weighted by Crippen LogP contribution is 2.41. The summed E-state index contributed by atoms with van der Waals surface area (Å²) >= 11 is 5.92. The fourth-order valence-corrected chi connectivity index (χ4v) is 4.45. The van der Waals surface area contributed by atoms with E-state index in [0.29, 0.717) is 21.7 Å². The molecule has 2 nitrogen and oxygen atoms in total. The average molecular weight is 391 g/mol. The molecule has 0 bridgehead atoms. The van der Waals surface area contributed by atoms with E-state index in [-0.39, 0.29) is 5.78 Å². The molecule has 29 heavy (non-hydrogen) atoms. The van der Waals surface area contributed by atoms with Crippen LogP contribution >= 0.6 is 12.2 Å². The molecule has 0 radical (unpaired) electrons. The lowest BCUT2D eigenvalue weighted by molar-refractivity contribution is 0.103. The van der Waals surface area contributed by atoms with Crippen LogP contribution < -0.4 is 5.73 Å². The molecule has 5 rings (SSSR count). The molecule has 138 valence electrons. The standard InChI is InChI=1S/C26H17NOS/c27-21-13-7-12-20-22(21)25(28)23-18(16-8-3-1-4-9-16)14-15-19(24(23)26(20)29)17-10-5-2-6-11-17/h1-15H,27H2. The smallest absolute Gasteiger partial charge is 0.197 e. The Hall–Kier alpha value is -3.56. The largest absolute Gasteiger partial charge is 0.398 e. The predicted molar refractivity (Wildman–Crippen MR) is 122 cm³/mol. The van der Waals surface area contributed by atoms with Gasteiger partial charge in [0.05, 0.1) is 10.4 Å². The molecule has 0 fully saturated rings. The number of benzene rings is 4. The van der Waals surface area contributed by atoms with E-state index in [0.717, 1.165) is 33.4 Å². The van der Waals surface area contributed by atoms with Crippen LogP contribution in [0.3, 0.4) is 0 Å². The summed E-state index contributed by atoms with van der Waals surface area (Å²) in [5, 5.41) is 0. The number of ketones is 1. The van der Waals surface area contributed by atoms with Gasteiger partial charge in [-0.15, -0.1) is 0 Å². The van der Waals surface area contributed by atoms with Crippen LogP contribution in [0.5, 0.6) is 0 Å². The van der Waals surface area contributed by atoms with Crippen molar-refractivity contribution >= 4 is 28.6 Å². The SMILES string of the molecule is Nc1cccc2c1C(=O)c1c(-c3ccccc3)ccc(-c3ccccc3)c1C2=S. The second kappa shape index (κ2) is 6.80. The van der Waals surface area contributed by atoms with Crippen molar-refractivity contribution in [1.82, 2.24) is 0 Å². The van der Waals surface area contributed by atoms with Gasteiger partial charge >= 0.3 is 0 Å². The maximum atomic E-state index is 13.7.